The highest BCUT2D eigenvalue weighted by Gasteiger charge is 2.21. The van der Waals surface area contributed by atoms with Crippen molar-refractivity contribution in [2.75, 3.05) is 19.6 Å². The molecule has 0 N–H and O–H groups in total. The lowest BCUT2D eigenvalue weighted by Crippen LogP contribution is -2.45. The van der Waals surface area contributed by atoms with E-state index >= 15 is 0 Å². The molecular weight excluding hydrogens is 238 g/mol. The van der Waals surface area contributed by atoms with E-state index in [2.05, 4.69) is 4.98 Å². The maximum atomic E-state index is 12.4. The predicted molar refractivity (Wildman–Crippen MR) is 75.9 cm³/mol. The normalized spacial score (nSPS) is 15.4. The summed E-state index contributed by atoms with van der Waals surface area (Å²) in [5.41, 5.74) is 1.96. The van der Waals surface area contributed by atoms with Crippen LogP contribution < -0.4 is 0 Å². The molecule has 1 aliphatic heterocycles. The van der Waals surface area contributed by atoms with Gasteiger partial charge in [-0.05, 0) is 45.2 Å². The molecule has 19 heavy (non-hydrogen) atoms. The van der Waals surface area contributed by atoms with E-state index in [1.54, 1.807) is 0 Å². The zero-order valence-electron chi connectivity index (χ0n) is 11.9. The summed E-state index contributed by atoms with van der Waals surface area (Å²) in [6.07, 6.45) is 3.51. The average Bonchev–Trinajstić information content (AvgIpc) is 2.45. The Morgan fingerprint density at radius 2 is 2.05 bits per heavy atom. The second kappa shape index (κ2) is 6.55. The zero-order valence-corrected chi connectivity index (χ0v) is 11.9. The molecule has 0 radical (unpaired) electrons. The molecule has 0 saturated carbocycles. The van der Waals surface area contributed by atoms with Crippen LogP contribution in [0.25, 0.3) is 0 Å². The van der Waals surface area contributed by atoms with Crippen LogP contribution in [0.2, 0.25) is 0 Å². The quantitative estimate of drug-likeness (QED) is 0.839. The fourth-order valence-corrected chi connectivity index (χ4v) is 2.48. The molecule has 2 rings (SSSR count). The first-order valence-corrected chi connectivity index (χ1v) is 7.17. The van der Waals surface area contributed by atoms with E-state index in [1.165, 1.54) is 6.42 Å². The number of aryl methyl sites for hydroxylation is 1. The van der Waals surface area contributed by atoms with Crippen molar-refractivity contribution in [3.05, 3.63) is 29.6 Å². The van der Waals surface area contributed by atoms with Gasteiger partial charge in [0.1, 0.15) is 0 Å². The fraction of sp³-hybridized carbons (Fsp3) is 0.600. The Labute approximate surface area is 115 Å². The minimum atomic E-state index is 0.158. The summed E-state index contributed by atoms with van der Waals surface area (Å²) in [5.74, 6) is 0. The van der Waals surface area contributed by atoms with Crippen molar-refractivity contribution in [3.8, 4) is 0 Å². The molecule has 1 aromatic rings. The van der Waals surface area contributed by atoms with Gasteiger partial charge in [0, 0.05) is 25.3 Å². The first kappa shape index (κ1) is 13.8. The second-order valence-corrected chi connectivity index (χ2v) is 5.11. The van der Waals surface area contributed by atoms with Gasteiger partial charge in [-0.2, -0.15) is 0 Å². The fourth-order valence-electron chi connectivity index (χ4n) is 2.48. The Kier molecular flexibility index (Phi) is 4.77. The summed E-state index contributed by atoms with van der Waals surface area (Å²) in [5, 5.41) is 0. The van der Waals surface area contributed by atoms with Crippen LogP contribution in [0.5, 0.6) is 0 Å². The highest BCUT2D eigenvalue weighted by atomic mass is 16.2. The molecule has 0 aromatic carbocycles. The Morgan fingerprint density at radius 3 is 2.68 bits per heavy atom. The molecule has 0 unspecified atom stereocenters. The largest absolute Gasteiger partial charge is 0.325 e. The summed E-state index contributed by atoms with van der Waals surface area (Å²) in [7, 11) is 0. The Hall–Kier alpha value is -1.58. The number of urea groups is 1. The molecule has 104 valence electrons. The topological polar surface area (TPSA) is 36.4 Å². The number of pyridine rings is 1. The molecule has 4 nitrogen and oxygen atoms in total. The van der Waals surface area contributed by atoms with Gasteiger partial charge >= 0.3 is 6.03 Å². The van der Waals surface area contributed by atoms with Crippen LogP contribution in [0.4, 0.5) is 4.79 Å². The molecule has 1 saturated heterocycles. The van der Waals surface area contributed by atoms with Crippen molar-refractivity contribution in [2.45, 2.75) is 39.7 Å². The molecule has 0 atom stereocenters. The van der Waals surface area contributed by atoms with E-state index in [9.17, 15) is 4.79 Å². The Bertz CT molecular complexity index is 427. The van der Waals surface area contributed by atoms with E-state index in [0.717, 1.165) is 43.9 Å². The van der Waals surface area contributed by atoms with Gasteiger partial charge < -0.3 is 9.80 Å². The second-order valence-electron chi connectivity index (χ2n) is 5.11. The molecular formula is C15H23N3O. The summed E-state index contributed by atoms with van der Waals surface area (Å²) in [4.78, 5) is 20.8. The van der Waals surface area contributed by atoms with Gasteiger partial charge in [-0.3, -0.25) is 4.98 Å². The summed E-state index contributed by atoms with van der Waals surface area (Å²) < 4.78 is 0. The van der Waals surface area contributed by atoms with Crippen LogP contribution in [0.3, 0.4) is 0 Å². The van der Waals surface area contributed by atoms with Gasteiger partial charge in [-0.15, -0.1) is 0 Å². The molecule has 0 bridgehead atoms. The number of likely N-dealkylation sites (tertiary alicyclic amines) is 1. The van der Waals surface area contributed by atoms with Gasteiger partial charge in [0.2, 0.25) is 0 Å². The van der Waals surface area contributed by atoms with Gasteiger partial charge in [-0.25, -0.2) is 4.79 Å². The molecule has 1 aromatic heterocycles. The maximum Gasteiger partial charge on any atom is 0.320 e. The van der Waals surface area contributed by atoms with Crippen molar-refractivity contribution >= 4 is 6.03 Å². The van der Waals surface area contributed by atoms with E-state index in [1.807, 2.05) is 41.8 Å². The van der Waals surface area contributed by atoms with Gasteiger partial charge in [-0.1, -0.05) is 6.07 Å². The first-order valence-electron chi connectivity index (χ1n) is 7.17. The van der Waals surface area contributed by atoms with Crippen LogP contribution in [0.1, 0.15) is 37.6 Å². The van der Waals surface area contributed by atoms with E-state index < -0.39 is 0 Å². The molecule has 0 spiro atoms. The number of amides is 2. The standard InChI is InChI=1S/C15H23N3O/c1-3-17(12-14-9-7-8-13(2)16-14)15(19)18-10-5-4-6-11-18/h7-9H,3-6,10-12H2,1-2H3. The van der Waals surface area contributed by atoms with Gasteiger partial charge in [0.25, 0.3) is 0 Å². The Balaban J connectivity index is 2.00. The SMILES string of the molecule is CCN(Cc1cccc(C)n1)C(=O)N1CCCCC1. The first-order chi connectivity index (χ1) is 9.20. The number of rotatable bonds is 3. The highest BCUT2D eigenvalue weighted by molar-refractivity contribution is 5.74. The zero-order chi connectivity index (χ0) is 13.7. The lowest BCUT2D eigenvalue weighted by molar-refractivity contribution is 0.142. The smallest absolute Gasteiger partial charge is 0.320 e. The van der Waals surface area contributed by atoms with Crippen LogP contribution in [-0.4, -0.2) is 40.4 Å². The Morgan fingerprint density at radius 1 is 1.32 bits per heavy atom. The highest BCUT2D eigenvalue weighted by Crippen LogP contribution is 2.13. The summed E-state index contributed by atoms with van der Waals surface area (Å²) >= 11 is 0. The molecule has 1 fully saturated rings. The van der Waals surface area contributed by atoms with Crippen LogP contribution >= 0.6 is 0 Å². The molecule has 2 heterocycles. The molecule has 2 amide bonds. The van der Waals surface area contributed by atoms with Crippen molar-refractivity contribution in [1.29, 1.82) is 0 Å². The van der Waals surface area contributed by atoms with E-state index in [-0.39, 0.29) is 6.03 Å². The van der Waals surface area contributed by atoms with Crippen molar-refractivity contribution in [2.24, 2.45) is 0 Å². The number of piperidine rings is 1. The van der Waals surface area contributed by atoms with E-state index in [0.29, 0.717) is 6.54 Å². The number of hydrogen-bond acceptors (Lipinski definition) is 2. The number of hydrogen-bond donors (Lipinski definition) is 0. The maximum absolute atomic E-state index is 12.4. The third-order valence-electron chi connectivity index (χ3n) is 3.58. The number of aromatic nitrogens is 1. The number of carbonyl (C=O) groups excluding carboxylic acids is 1. The van der Waals surface area contributed by atoms with Gasteiger partial charge in [0.15, 0.2) is 0 Å². The third kappa shape index (κ3) is 3.69. The third-order valence-corrected chi connectivity index (χ3v) is 3.58. The minimum absolute atomic E-state index is 0.158. The molecule has 4 heteroatoms. The van der Waals surface area contributed by atoms with Crippen molar-refractivity contribution in [3.63, 3.8) is 0 Å². The monoisotopic (exact) mass is 261 g/mol. The van der Waals surface area contributed by atoms with Crippen molar-refractivity contribution < 1.29 is 4.79 Å². The lowest BCUT2D eigenvalue weighted by Gasteiger charge is -2.32. The van der Waals surface area contributed by atoms with Gasteiger partial charge in [0.05, 0.1) is 12.2 Å². The average molecular weight is 261 g/mol. The predicted octanol–water partition coefficient (Wildman–Crippen LogP) is 2.82. The molecule has 0 aliphatic carbocycles. The van der Waals surface area contributed by atoms with Crippen LogP contribution in [-0.2, 0) is 6.54 Å². The summed E-state index contributed by atoms with van der Waals surface area (Å²) in [6, 6.07) is 6.12. The van der Waals surface area contributed by atoms with Crippen LogP contribution in [0, 0.1) is 6.92 Å². The van der Waals surface area contributed by atoms with E-state index in [4.69, 9.17) is 0 Å². The summed E-state index contributed by atoms with van der Waals surface area (Å²) in [6.45, 7) is 7.13. The molecule has 1 aliphatic rings. The minimum Gasteiger partial charge on any atom is -0.325 e. The lowest BCUT2D eigenvalue weighted by atomic mass is 10.1. The van der Waals surface area contributed by atoms with Crippen LogP contribution in [0.15, 0.2) is 18.2 Å². The number of nitrogens with zero attached hydrogens (tertiary/aromatic N) is 3. The number of carbonyl (C=O) groups is 1. The van der Waals surface area contributed by atoms with Crippen molar-refractivity contribution in [1.82, 2.24) is 14.8 Å².